The third-order valence-electron chi connectivity index (χ3n) is 4.49. The van der Waals surface area contributed by atoms with Crippen molar-refractivity contribution in [1.82, 2.24) is 5.32 Å². The lowest BCUT2D eigenvalue weighted by atomic mass is 9.99. The number of carbonyl (C=O) groups is 1. The summed E-state index contributed by atoms with van der Waals surface area (Å²) in [4.78, 5) is 12.5. The van der Waals surface area contributed by atoms with Gasteiger partial charge in [0.25, 0.3) is 0 Å². The molecule has 5 nitrogen and oxygen atoms in total. The van der Waals surface area contributed by atoms with E-state index >= 15 is 0 Å². The Morgan fingerprint density at radius 2 is 1.92 bits per heavy atom. The molecule has 0 aliphatic heterocycles. The van der Waals surface area contributed by atoms with Crippen molar-refractivity contribution >= 4 is 11.6 Å². The lowest BCUT2D eigenvalue weighted by Crippen LogP contribution is -2.29. The van der Waals surface area contributed by atoms with Crippen LogP contribution in [0.3, 0.4) is 0 Å². The Balaban J connectivity index is 2.02. The molecule has 0 heterocycles. The Labute approximate surface area is 155 Å². The zero-order valence-corrected chi connectivity index (χ0v) is 15.8. The summed E-state index contributed by atoms with van der Waals surface area (Å²) in [5.41, 5.74) is 16.4. The van der Waals surface area contributed by atoms with Crippen LogP contribution >= 0.6 is 0 Å². The Kier molecular flexibility index (Phi) is 7.04. The molecule has 0 fully saturated rings. The quantitative estimate of drug-likeness (QED) is 0.635. The van der Waals surface area contributed by atoms with Crippen LogP contribution in [0.4, 0.5) is 5.69 Å². The maximum Gasteiger partial charge on any atom is 0.224 e. The second-order valence-electron chi connectivity index (χ2n) is 6.56. The summed E-state index contributed by atoms with van der Waals surface area (Å²) in [6.45, 7) is 7.09. The van der Waals surface area contributed by atoms with E-state index in [1.165, 1.54) is 11.1 Å². The average molecular weight is 355 g/mol. The molecule has 1 atom stereocenters. The summed E-state index contributed by atoms with van der Waals surface area (Å²) in [5.74, 6) is 0.575. The maximum atomic E-state index is 12.5. The third-order valence-corrected chi connectivity index (χ3v) is 4.49. The molecule has 5 N–H and O–H groups in total. The van der Waals surface area contributed by atoms with Gasteiger partial charge < -0.3 is 21.5 Å². The summed E-state index contributed by atoms with van der Waals surface area (Å²) in [6, 6.07) is 11.8. The van der Waals surface area contributed by atoms with Crippen molar-refractivity contribution in [2.75, 3.05) is 18.9 Å². The second-order valence-corrected chi connectivity index (χ2v) is 6.56. The largest absolute Gasteiger partial charge is 0.490 e. The van der Waals surface area contributed by atoms with Crippen LogP contribution in [0, 0.1) is 13.8 Å². The lowest BCUT2D eigenvalue weighted by Gasteiger charge is -2.19. The van der Waals surface area contributed by atoms with Gasteiger partial charge in [0, 0.05) is 6.54 Å². The van der Waals surface area contributed by atoms with Crippen LogP contribution in [0.1, 0.15) is 41.6 Å². The van der Waals surface area contributed by atoms with Crippen LogP contribution in [0.2, 0.25) is 0 Å². The maximum absolute atomic E-state index is 12.5. The van der Waals surface area contributed by atoms with E-state index in [2.05, 4.69) is 44.3 Å². The number of carbonyl (C=O) groups excluding carboxylic acids is 1. The van der Waals surface area contributed by atoms with Gasteiger partial charge in [0.15, 0.2) is 0 Å². The summed E-state index contributed by atoms with van der Waals surface area (Å²) >= 11 is 0. The molecule has 2 rings (SSSR count). The highest BCUT2D eigenvalue weighted by atomic mass is 16.5. The molecule has 0 aliphatic carbocycles. The first kappa shape index (κ1) is 19.8. The molecule has 0 spiro atoms. The fourth-order valence-corrected chi connectivity index (χ4v) is 2.84. The Bertz CT molecular complexity index is 759. The molecule has 0 saturated carbocycles. The molecule has 140 valence electrons. The number of nitrogen functional groups attached to an aromatic ring is 1. The van der Waals surface area contributed by atoms with Gasteiger partial charge in [0.2, 0.25) is 5.91 Å². The van der Waals surface area contributed by atoms with E-state index in [4.69, 9.17) is 16.2 Å². The highest BCUT2D eigenvalue weighted by Crippen LogP contribution is 2.23. The number of nitrogens with one attached hydrogen (secondary N) is 1. The zero-order chi connectivity index (χ0) is 19.1. The molecule has 0 aromatic heterocycles. The highest BCUT2D eigenvalue weighted by Gasteiger charge is 2.14. The first-order valence-electron chi connectivity index (χ1n) is 9.02. The smallest absolute Gasteiger partial charge is 0.224 e. The van der Waals surface area contributed by atoms with E-state index in [0.717, 1.165) is 17.5 Å². The van der Waals surface area contributed by atoms with Crippen LogP contribution in [0.15, 0.2) is 36.4 Å². The van der Waals surface area contributed by atoms with Crippen LogP contribution < -0.4 is 21.5 Å². The molecule has 1 unspecified atom stereocenters. The summed E-state index contributed by atoms with van der Waals surface area (Å²) in [7, 11) is 0. The van der Waals surface area contributed by atoms with Gasteiger partial charge in [-0.15, -0.1) is 0 Å². The fraction of sp³-hybridized carbons (Fsp3) is 0.381. The number of ether oxygens (including phenoxy) is 1. The van der Waals surface area contributed by atoms with Crippen LogP contribution in [-0.2, 0) is 11.2 Å². The summed E-state index contributed by atoms with van der Waals surface area (Å²) < 4.78 is 5.46. The van der Waals surface area contributed by atoms with Crippen molar-refractivity contribution in [3.8, 4) is 5.75 Å². The molecular weight excluding hydrogens is 326 g/mol. The monoisotopic (exact) mass is 355 g/mol. The SMILES string of the molecule is CCC(NC(=O)Cc1ccc(OCCN)c(N)c1)c1ccc(C)c(C)c1. The molecule has 0 aliphatic rings. The van der Waals surface area contributed by atoms with Gasteiger partial charge in [-0.25, -0.2) is 0 Å². The molecule has 0 radical (unpaired) electrons. The van der Waals surface area contributed by atoms with Crippen LogP contribution in [0.5, 0.6) is 5.75 Å². The van der Waals surface area contributed by atoms with E-state index < -0.39 is 0 Å². The fourth-order valence-electron chi connectivity index (χ4n) is 2.84. The predicted molar refractivity (Wildman–Crippen MR) is 106 cm³/mol. The number of amides is 1. The summed E-state index contributed by atoms with van der Waals surface area (Å²) in [5, 5.41) is 3.12. The number of hydrogen-bond acceptors (Lipinski definition) is 4. The number of rotatable bonds is 8. The Morgan fingerprint density at radius 3 is 2.54 bits per heavy atom. The van der Waals surface area contributed by atoms with Gasteiger partial charge in [-0.3, -0.25) is 4.79 Å². The van der Waals surface area contributed by atoms with Gasteiger partial charge in [0.1, 0.15) is 12.4 Å². The number of hydrogen-bond donors (Lipinski definition) is 3. The van der Waals surface area contributed by atoms with Crippen molar-refractivity contribution in [1.29, 1.82) is 0 Å². The average Bonchev–Trinajstić information content (AvgIpc) is 2.61. The van der Waals surface area contributed by atoms with Crippen molar-refractivity contribution in [2.24, 2.45) is 5.73 Å². The van der Waals surface area contributed by atoms with Crippen molar-refractivity contribution in [3.05, 3.63) is 58.7 Å². The van der Waals surface area contributed by atoms with Crippen molar-refractivity contribution in [2.45, 2.75) is 39.7 Å². The van der Waals surface area contributed by atoms with Gasteiger partial charge in [0.05, 0.1) is 18.2 Å². The van der Waals surface area contributed by atoms with Gasteiger partial charge in [-0.1, -0.05) is 31.2 Å². The number of nitrogens with two attached hydrogens (primary N) is 2. The third kappa shape index (κ3) is 5.23. The van der Waals surface area contributed by atoms with E-state index in [0.29, 0.717) is 24.6 Å². The van der Waals surface area contributed by atoms with E-state index in [1.807, 2.05) is 6.07 Å². The zero-order valence-electron chi connectivity index (χ0n) is 15.8. The Hall–Kier alpha value is -2.53. The minimum Gasteiger partial charge on any atom is -0.490 e. The molecule has 0 bridgehead atoms. The minimum absolute atomic E-state index is 0.00584. The van der Waals surface area contributed by atoms with E-state index in [1.54, 1.807) is 12.1 Å². The second kappa shape index (κ2) is 9.25. The molecule has 26 heavy (non-hydrogen) atoms. The normalized spacial score (nSPS) is 11.8. The van der Waals surface area contributed by atoms with Gasteiger partial charge in [-0.2, -0.15) is 0 Å². The molecule has 2 aromatic rings. The van der Waals surface area contributed by atoms with E-state index in [-0.39, 0.29) is 18.4 Å². The molecule has 2 aromatic carbocycles. The first-order valence-corrected chi connectivity index (χ1v) is 9.02. The van der Waals surface area contributed by atoms with Crippen LogP contribution in [0.25, 0.3) is 0 Å². The van der Waals surface area contributed by atoms with Crippen LogP contribution in [-0.4, -0.2) is 19.1 Å². The highest BCUT2D eigenvalue weighted by molar-refractivity contribution is 5.79. The van der Waals surface area contributed by atoms with E-state index in [9.17, 15) is 4.79 Å². The standard InChI is InChI=1S/C21H29N3O2/c1-4-19(17-7-5-14(2)15(3)11-17)24-21(25)13-16-6-8-20(18(23)12-16)26-10-9-22/h5-8,11-12,19H,4,9-10,13,22-23H2,1-3H3,(H,24,25). The molecular formula is C21H29N3O2. The number of benzene rings is 2. The minimum atomic E-state index is -0.0231. The van der Waals surface area contributed by atoms with Gasteiger partial charge >= 0.3 is 0 Å². The first-order chi connectivity index (χ1) is 12.4. The predicted octanol–water partition coefficient (Wildman–Crippen LogP) is 3.03. The number of aryl methyl sites for hydroxylation is 2. The topological polar surface area (TPSA) is 90.4 Å². The van der Waals surface area contributed by atoms with Gasteiger partial charge in [-0.05, 0) is 54.7 Å². The molecule has 1 amide bonds. The molecule has 5 heteroatoms. The Morgan fingerprint density at radius 1 is 1.15 bits per heavy atom. The summed E-state index contributed by atoms with van der Waals surface area (Å²) in [6.07, 6.45) is 1.12. The number of anilines is 1. The van der Waals surface area contributed by atoms with Crippen molar-refractivity contribution in [3.63, 3.8) is 0 Å². The molecule has 0 saturated heterocycles. The lowest BCUT2D eigenvalue weighted by molar-refractivity contribution is -0.121. The van der Waals surface area contributed by atoms with Crippen molar-refractivity contribution < 1.29 is 9.53 Å².